The zero-order valence-electron chi connectivity index (χ0n) is 8.69. The largest absolute Gasteiger partial charge is 0.477 e. The maximum atomic E-state index is 13.1. The molecule has 1 aromatic rings. The van der Waals surface area contributed by atoms with Crippen molar-refractivity contribution in [3.8, 4) is 11.5 Å². The van der Waals surface area contributed by atoms with E-state index in [2.05, 4.69) is 0 Å². The molecule has 0 bridgehead atoms. The summed E-state index contributed by atoms with van der Waals surface area (Å²) < 4.78 is 36.2. The molecule has 0 aromatic heterocycles. The van der Waals surface area contributed by atoms with E-state index in [0.717, 1.165) is 12.1 Å². The van der Waals surface area contributed by atoms with Gasteiger partial charge < -0.3 is 19.7 Å². The molecule has 0 amide bonds. The number of carboxylic acid groups (broad SMARTS) is 1. The Hall–Kier alpha value is -1.60. The van der Waals surface area contributed by atoms with Crippen LogP contribution >= 0.6 is 11.6 Å². The molecule has 0 radical (unpaired) electrons. The summed E-state index contributed by atoms with van der Waals surface area (Å²) >= 11 is 5.74. The number of hydrogen-bond acceptors (Lipinski definition) is 4. The number of carbonyl (C=O) groups is 1. The monoisotopic (exact) mass is 280 g/mol. The Morgan fingerprint density at radius 2 is 2.11 bits per heavy atom. The first kappa shape index (κ1) is 12.8. The normalized spacial score (nSPS) is 15.6. The molecule has 1 heterocycles. The van der Waals surface area contributed by atoms with E-state index in [9.17, 15) is 18.7 Å². The van der Waals surface area contributed by atoms with Crippen molar-refractivity contribution in [3.05, 3.63) is 22.7 Å². The van der Waals surface area contributed by atoms with Crippen molar-refractivity contribution >= 4 is 17.6 Å². The summed E-state index contributed by atoms with van der Waals surface area (Å²) in [7, 11) is 0. The highest BCUT2D eigenvalue weighted by Gasteiger charge is 2.48. The summed E-state index contributed by atoms with van der Waals surface area (Å²) in [6.45, 7) is -0.121. The van der Waals surface area contributed by atoms with Crippen molar-refractivity contribution in [2.75, 3.05) is 6.79 Å². The molecule has 0 aliphatic carbocycles. The number of halogens is 3. The number of fused-ring (bicyclic) bond motifs is 1. The van der Waals surface area contributed by atoms with Crippen LogP contribution in [0.5, 0.6) is 11.5 Å². The Morgan fingerprint density at radius 3 is 2.72 bits per heavy atom. The second-order valence-electron chi connectivity index (χ2n) is 3.57. The number of aliphatic carboxylic acids is 1. The van der Waals surface area contributed by atoms with E-state index >= 15 is 0 Å². The van der Waals surface area contributed by atoms with Crippen LogP contribution in [0.2, 0.25) is 5.02 Å². The van der Waals surface area contributed by atoms with Gasteiger partial charge in [-0.1, -0.05) is 11.6 Å². The van der Waals surface area contributed by atoms with E-state index in [4.69, 9.17) is 26.2 Å². The minimum Gasteiger partial charge on any atom is -0.477 e. The molecule has 98 valence electrons. The fraction of sp³-hybridized carbons (Fsp3) is 0.300. The van der Waals surface area contributed by atoms with Crippen LogP contribution in [-0.2, 0) is 4.79 Å². The first-order valence-corrected chi connectivity index (χ1v) is 5.10. The zero-order valence-corrected chi connectivity index (χ0v) is 9.45. The third-order valence-electron chi connectivity index (χ3n) is 2.39. The van der Waals surface area contributed by atoms with E-state index in [1.54, 1.807) is 0 Å². The van der Waals surface area contributed by atoms with Gasteiger partial charge in [0.25, 0.3) is 0 Å². The van der Waals surface area contributed by atoms with Crippen LogP contribution in [0.3, 0.4) is 0 Å². The highest BCUT2D eigenvalue weighted by atomic mass is 35.5. The number of rotatable bonds is 3. The Bertz CT molecular complexity index is 505. The number of carboxylic acids is 1. The van der Waals surface area contributed by atoms with Gasteiger partial charge in [-0.25, -0.2) is 4.79 Å². The predicted octanol–water partition coefficient (Wildman–Crippen LogP) is 1.82. The van der Waals surface area contributed by atoms with Gasteiger partial charge in [0.2, 0.25) is 6.79 Å². The number of aliphatic hydroxyl groups is 1. The van der Waals surface area contributed by atoms with Gasteiger partial charge in [0, 0.05) is 0 Å². The molecule has 1 atom stereocenters. The number of hydrogen-bond donors (Lipinski definition) is 2. The lowest BCUT2D eigenvalue weighted by Gasteiger charge is -2.19. The standard InChI is InChI=1S/C10H7ClF2O5/c11-5-1-4(2-6-7(5)18-3-17-6)8(14)10(12,13)9(15)16/h1-2,8,14H,3H2,(H,15,16). The molecule has 0 saturated carbocycles. The topological polar surface area (TPSA) is 76.0 Å². The molecular formula is C10H7ClF2O5. The van der Waals surface area contributed by atoms with Crippen molar-refractivity contribution in [3.63, 3.8) is 0 Å². The summed E-state index contributed by atoms with van der Waals surface area (Å²) in [6.07, 6.45) is -2.53. The lowest BCUT2D eigenvalue weighted by molar-refractivity contribution is -0.182. The van der Waals surface area contributed by atoms with E-state index in [0.29, 0.717) is 0 Å². The average Bonchev–Trinajstić information content (AvgIpc) is 2.76. The van der Waals surface area contributed by atoms with Crippen LogP contribution < -0.4 is 9.47 Å². The van der Waals surface area contributed by atoms with Gasteiger partial charge in [0.05, 0.1) is 5.02 Å². The van der Waals surface area contributed by atoms with Crippen molar-refractivity contribution < 1.29 is 33.3 Å². The lowest BCUT2D eigenvalue weighted by Crippen LogP contribution is -2.35. The third kappa shape index (κ3) is 1.95. The molecular weight excluding hydrogens is 274 g/mol. The summed E-state index contributed by atoms with van der Waals surface area (Å²) in [4.78, 5) is 10.4. The van der Waals surface area contributed by atoms with Crippen LogP contribution in [0, 0.1) is 0 Å². The average molecular weight is 281 g/mol. The summed E-state index contributed by atoms with van der Waals surface area (Å²) in [5.41, 5.74) is -0.364. The molecule has 8 heteroatoms. The number of alkyl halides is 2. The maximum Gasteiger partial charge on any atom is 0.377 e. The quantitative estimate of drug-likeness (QED) is 0.883. The van der Waals surface area contributed by atoms with E-state index < -0.39 is 18.0 Å². The molecule has 0 saturated heterocycles. The van der Waals surface area contributed by atoms with Gasteiger partial charge in [-0.15, -0.1) is 0 Å². The van der Waals surface area contributed by atoms with Gasteiger partial charge >= 0.3 is 11.9 Å². The highest BCUT2D eigenvalue weighted by Crippen LogP contribution is 2.43. The fourth-order valence-electron chi connectivity index (χ4n) is 1.47. The highest BCUT2D eigenvalue weighted by molar-refractivity contribution is 6.32. The zero-order chi connectivity index (χ0) is 13.5. The minimum absolute atomic E-state index is 0.0414. The number of benzene rings is 1. The van der Waals surface area contributed by atoms with Crippen LogP contribution in [-0.4, -0.2) is 28.9 Å². The van der Waals surface area contributed by atoms with Crippen LogP contribution in [0.25, 0.3) is 0 Å². The molecule has 18 heavy (non-hydrogen) atoms. The molecule has 1 aliphatic rings. The molecule has 0 spiro atoms. The first-order valence-electron chi connectivity index (χ1n) is 4.72. The van der Waals surface area contributed by atoms with Crippen LogP contribution in [0.4, 0.5) is 8.78 Å². The van der Waals surface area contributed by atoms with Crippen molar-refractivity contribution in [2.45, 2.75) is 12.0 Å². The van der Waals surface area contributed by atoms with Crippen LogP contribution in [0.15, 0.2) is 12.1 Å². The van der Waals surface area contributed by atoms with Crippen LogP contribution in [0.1, 0.15) is 11.7 Å². The summed E-state index contributed by atoms with van der Waals surface area (Å²) in [5.74, 6) is -6.50. The third-order valence-corrected chi connectivity index (χ3v) is 2.67. The molecule has 2 N–H and O–H groups in total. The van der Waals surface area contributed by atoms with Gasteiger partial charge in [0.1, 0.15) is 0 Å². The number of aliphatic hydroxyl groups excluding tert-OH is 1. The molecule has 1 aromatic carbocycles. The summed E-state index contributed by atoms with van der Waals surface area (Å²) in [6, 6.07) is 2.08. The lowest BCUT2D eigenvalue weighted by atomic mass is 10.0. The molecule has 0 fully saturated rings. The Kier molecular flexibility index (Phi) is 3.04. The second-order valence-corrected chi connectivity index (χ2v) is 3.97. The van der Waals surface area contributed by atoms with E-state index in [-0.39, 0.29) is 28.9 Å². The molecule has 1 unspecified atom stereocenters. The van der Waals surface area contributed by atoms with Gasteiger partial charge in [-0.3, -0.25) is 0 Å². The minimum atomic E-state index is -4.32. The smallest absolute Gasteiger partial charge is 0.377 e. The Morgan fingerprint density at radius 1 is 1.44 bits per heavy atom. The van der Waals surface area contributed by atoms with E-state index in [1.807, 2.05) is 0 Å². The van der Waals surface area contributed by atoms with Gasteiger partial charge in [0.15, 0.2) is 17.6 Å². The molecule has 1 aliphatic heterocycles. The summed E-state index contributed by atoms with van der Waals surface area (Å²) in [5, 5.41) is 17.7. The fourth-order valence-corrected chi connectivity index (χ4v) is 1.75. The van der Waals surface area contributed by atoms with Gasteiger partial charge in [-0.05, 0) is 17.7 Å². The van der Waals surface area contributed by atoms with E-state index in [1.165, 1.54) is 0 Å². The molecule has 5 nitrogen and oxygen atoms in total. The van der Waals surface area contributed by atoms with Crippen molar-refractivity contribution in [2.24, 2.45) is 0 Å². The Labute approximate surface area is 104 Å². The first-order chi connectivity index (χ1) is 8.34. The van der Waals surface area contributed by atoms with Crippen molar-refractivity contribution in [1.82, 2.24) is 0 Å². The maximum absolute atomic E-state index is 13.1. The SMILES string of the molecule is O=C(O)C(F)(F)C(O)c1cc(Cl)c2c(c1)OCO2. The number of ether oxygens (including phenoxy) is 2. The molecule has 2 rings (SSSR count). The second kappa shape index (κ2) is 4.25. The van der Waals surface area contributed by atoms with Gasteiger partial charge in [-0.2, -0.15) is 8.78 Å². The Balaban J connectivity index is 2.41. The predicted molar refractivity (Wildman–Crippen MR) is 55.1 cm³/mol. The van der Waals surface area contributed by atoms with Crippen molar-refractivity contribution in [1.29, 1.82) is 0 Å².